The van der Waals surface area contributed by atoms with E-state index in [0.29, 0.717) is 5.76 Å². The van der Waals surface area contributed by atoms with E-state index < -0.39 is 24.3 Å². The van der Waals surface area contributed by atoms with Gasteiger partial charge < -0.3 is 14.5 Å². The topological polar surface area (TPSA) is 68.5 Å². The number of hydrogen-bond donors (Lipinski definition) is 1. The van der Waals surface area contributed by atoms with Crippen LogP contribution < -0.4 is 5.32 Å². The molecule has 1 atom stereocenters. The van der Waals surface area contributed by atoms with Gasteiger partial charge in [-0.05, 0) is 37.3 Å². The molecule has 0 bridgehead atoms. The fourth-order valence-electron chi connectivity index (χ4n) is 2.40. The molecule has 0 saturated heterocycles. The fourth-order valence-corrected chi connectivity index (χ4v) is 2.40. The molecule has 1 heterocycles. The van der Waals surface area contributed by atoms with Gasteiger partial charge in [0.25, 0.3) is 5.91 Å². The summed E-state index contributed by atoms with van der Waals surface area (Å²) in [4.78, 5) is 23.7. The van der Waals surface area contributed by atoms with Gasteiger partial charge in [0, 0.05) is 5.39 Å². The number of ether oxygens (including phenoxy) is 1. The summed E-state index contributed by atoms with van der Waals surface area (Å²) in [6.07, 6.45) is 0. The van der Waals surface area contributed by atoms with Gasteiger partial charge in [0.15, 0.2) is 6.61 Å². The quantitative estimate of drug-likeness (QED) is 0.720. The number of furan rings is 1. The minimum absolute atomic E-state index is 0.0538. The number of rotatable bonds is 5. The molecule has 1 amide bonds. The number of amides is 1. The molecule has 0 aliphatic heterocycles. The molecular weight excluding hydrogens is 325 g/mol. The smallest absolute Gasteiger partial charge is 0.338 e. The van der Waals surface area contributed by atoms with Gasteiger partial charge in [0.2, 0.25) is 0 Å². The number of halogens is 1. The highest BCUT2D eigenvalue weighted by Crippen LogP contribution is 2.23. The number of benzene rings is 2. The maximum Gasteiger partial charge on any atom is 0.338 e. The summed E-state index contributed by atoms with van der Waals surface area (Å²) in [5, 5.41) is 3.63. The SMILES string of the molecule is C[C@@H](NC(=O)COC(=O)c1cccc(F)c1)c1cc2ccccc2o1. The maximum absolute atomic E-state index is 13.1. The van der Waals surface area contributed by atoms with Crippen molar-refractivity contribution in [3.8, 4) is 0 Å². The monoisotopic (exact) mass is 341 g/mol. The molecule has 3 rings (SSSR count). The Morgan fingerprint density at radius 2 is 1.96 bits per heavy atom. The first-order valence-electron chi connectivity index (χ1n) is 7.73. The molecule has 3 aromatic rings. The zero-order valence-corrected chi connectivity index (χ0v) is 13.5. The lowest BCUT2D eigenvalue weighted by Gasteiger charge is -2.11. The molecule has 0 spiro atoms. The van der Waals surface area contributed by atoms with E-state index in [1.807, 2.05) is 30.3 Å². The van der Waals surface area contributed by atoms with Crippen molar-refractivity contribution in [3.63, 3.8) is 0 Å². The van der Waals surface area contributed by atoms with E-state index in [4.69, 9.17) is 9.15 Å². The summed E-state index contributed by atoms with van der Waals surface area (Å²) in [7, 11) is 0. The van der Waals surface area contributed by atoms with Crippen LogP contribution in [0, 0.1) is 5.82 Å². The van der Waals surface area contributed by atoms with Gasteiger partial charge in [-0.2, -0.15) is 0 Å². The van der Waals surface area contributed by atoms with E-state index in [2.05, 4.69) is 5.32 Å². The van der Waals surface area contributed by atoms with E-state index in [0.717, 1.165) is 17.0 Å². The van der Waals surface area contributed by atoms with Crippen molar-refractivity contribution in [2.45, 2.75) is 13.0 Å². The molecule has 6 heteroatoms. The lowest BCUT2D eigenvalue weighted by molar-refractivity contribution is -0.125. The van der Waals surface area contributed by atoms with Crippen LogP contribution >= 0.6 is 0 Å². The van der Waals surface area contributed by atoms with Gasteiger partial charge in [-0.3, -0.25) is 4.79 Å². The Bertz CT molecular complexity index is 885. The van der Waals surface area contributed by atoms with Crippen molar-refractivity contribution >= 4 is 22.8 Å². The van der Waals surface area contributed by atoms with Gasteiger partial charge in [-0.25, -0.2) is 9.18 Å². The second-order valence-corrected chi connectivity index (χ2v) is 5.56. The second-order valence-electron chi connectivity index (χ2n) is 5.56. The maximum atomic E-state index is 13.1. The number of hydrogen-bond acceptors (Lipinski definition) is 4. The molecule has 1 aromatic heterocycles. The van der Waals surface area contributed by atoms with Crippen molar-refractivity contribution in [2.75, 3.05) is 6.61 Å². The van der Waals surface area contributed by atoms with Crippen molar-refractivity contribution in [3.05, 3.63) is 71.7 Å². The number of para-hydroxylation sites is 1. The van der Waals surface area contributed by atoms with Crippen molar-refractivity contribution in [1.82, 2.24) is 5.32 Å². The zero-order valence-electron chi connectivity index (χ0n) is 13.5. The van der Waals surface area contributed by atoms with E-state index in [1.54, 1.807) is 6.92 Å². The summed E-state index contributed by atoms with van der Waals surface area (Å²) >= 11 is 0. The molecule has 2 aromatic carbocycles. The minimum atomic E-state index is -0.758. The van der Waals surface area contributed by atoms with Gasteiger partial charge >= 0.3 is 5.97 Å². The van der Waals surface area contributed by atoms with Crippen LogP contribution in [0.25, 0.3) is 11.0 Å². The van der Waals surface area contributed by atoms with Crippen LogP contribution in [0.5, 0.6) is 0 Å². The molecule has 25 heavy (non-hydrogen) atoms. The second kappa shape index (κ2) is 7.17. The normalized spacial score (nSPS) is 11.9. The molecule has 0 unspecified atom stereocenters. The highest BCUT2D eigenvalue weighted by atomic mass is 19.1. The third-order valence-electron chi connectivity index (χ3n) is 3.64. The minimum Gasteiger partial charge on any atom is -0.459 e. The average molecular weight is 341 g/mol. The van der Waals surface area contributed by atoms with Crippen LogP contribution in [0.2, 0.25) is 0 Å². The average Bonchev–Trinajstić information content (AvgIpc) is 3.04. The Labute approximate surface area is 143 Å². The van der Waals surface area contributed by atoms with Crippen LogP contribution in [0.15, 0.2) is 59.0 Å². The summed E-state index contributed by atoms with van der Waals surface area (Å²) in [5.41, 5.74) is 0.786. The first-order chi connectivity index (χ1) is 12.0. The molecule has 0 aliphatic rings. The Kier molecular flexibility index (Phi) is 4.79. The van der Waals surface area contributed by atoms with E-state index in [9.17, 15) is 14.0 Å². The molecule has 0 radical (unpaired) electrons. The molecule has 0 fully saturated rings. The van der Waals surface area contributed by atoms with E-state index in [1.165, 1.54) is 18.2 Å². The molecule has 0 aliphatic carbocycles. The third kappa shape index (κ3) is 4.03. The van der Waals surface area contributed by atoms with E-state index >= 15 is 0 Å². The lowest BCUT2D eigenvalue weighted by Crippen LogP contribution is -2.31. The first-order valence-corrected chi connectivity index (χ1v) is 7.73. The molecule has 5 nitrogen and oxygen atoms in total. The van der Waals surface area contributed by atoms with E-state index in [-0.39, 0.29) is 11.6 Å². The van der Waals surface area contributed by atoms with Crippen LogP contribution in [0.1, 0.15) is 29.1 Å². The Morgan fingerprint density at radius 1 is 1.16 bits per heavy atom. The summed E-state index contributed by atoms with van der Waals surface area (Å²) in [6.45, 7) is 1.31. The fraction of sp³-hybridized carbons (Fsp3) is 0.158. The first kappa shape index (κ1) is 16.7. The highest BCUT2D eigenvalue weighted by molar-refractivity contribution is 5.91. The number of carbonyl (C=O) groups excluding carboxylic acids is 2. The number of fused-ring (bicyclic) bond motifs is 1. The number of carbonyl (C=O) groups is 2. The Morgan fingerprint density at radius 3 is 2.72 bits per heavy atom. The predicted octanol–water partition coefficient (Wildman–Crippen LogP) is 3.61. The number of esters is 1. The van der Waals surface area contributed by atoms with Crippen molar-refractivity contribution < 1.29 is 23.1 Å². The third-order valence-corrected chi connectivity index (χ3v) is 3.64. The van der Waals surface area contributed by atoms with Gasteiger partial charge in [-0.1, -0.05) is 24.3 Å². The standard InChI is InChI=1S/C19H16FNO4/c1-12(17-10-13-5-2-3-8-16(13)25-17)21-18(22)11-24-19(23)14-6-4-7-15(20)9-14/h2-10,12H,11H2,1H3,(H,21,22)/t12-/m1/s1. The van der Waals surface area contributed by atoms with Gasteiger partial charge in [0.05, 0.1) is 11.6 Å². The predicted molar refractivity (Wildman–Crippen MR) is 89.5 cm³/mol. The highest BCUT2D eigenvalue weighted by Gasteiger charge is 2.16. The number of nitrogens with one attached hydrogen (secondary N) is 1. The summed E-state index contributed by atoms with van der Waals surface area (Å²) in [6, 6.07) is 14.1. The summed E-state index contributed by atoms with van der Waals surface area (Å²) < 4.78 is 23.6. The van der Waals surface area contributed by atoms with Crippen LogP contribution in [0.3, 0.4) is 0 Å². The molecule has 0 saturated carbocycles. The Hall–Kier alpha value is -3.15. The van der Waals surface area contributed by atoms with Crippen LogP contribution in [0.4, 0.5) is 4.39 Å². The Balaban J connectivity index is 1.55. The molecule has 1 N–H and O–H groups in total. The van der Waals surface area contributed by atoms with Gasteiger partial charge in [0.1, 0.15) is 17.2 Å². The largest absolute Gasteiger partial charge is 0.459 e. The lowest BCUT2D eigenvalue weighted by atomic mass is 10.2. The van der Waals surface area contributed by atoms with Gasteiger partial charge in [-0.15, -0.1) is 0 Å². The van der Waals surface area contributed by atoms with Crippen molar-refractivity contribution in [1.29, 1.82) is 0 Å². The molecule has 128 valence electrons. The zero-order chi connectivity index (χ0) is 17.8. The molecular formula is C19H16FNO4. The van der Waals surface area contributed by atoms with Crippen LogP contribution in [-0.4, -0.2) is 18.5 Å². The van der Waals surface area contributed by atoms with Crippen molar-refractivity contribution in [2.24, 2.45) is 0 Å². The van der Waals surface area contributed by atoms with Crippen LogP contribution in [-0.2, 0) is 9.53 Å². The summed E-state index contributed by atoms with van der Waals surface area (Å²) in [5.74, 6) is -1.17.